The van der Waals surface area contributed by atoms with Crippen molar-refractivity contribution in [1.82, 2.24) is 4.31 Å². The maximum Gasteiger partial charge on any atom is 0.252 e. The molecule has 0 atom stereocenters. The van der Waals surface area contributed by atoms with Gasteiger partial charge in [0.15, 0.2) is 0 Å². The quantitative estimate of drug-likeness (QED) is 0.814. The zero-order valence-electron chi connectivity index (χ0n) is 15.3. The van der Waals surface area contributed by atoms with Gasteiger partial charge in [0, 0.05) is 36.7 Å². The minimum Gasteiger partial charge on any atom is -0.369 e. The minimum absolute atomic E-state index is 0.143. The van der Waals surface area contributed by atoms with E-state index in [0.717, 1.165) is 23.7 Å². The Morgan fingerprint density at radius 2 is 1.52 bits per heavy atom. The van der Waals surface area contributed by atoms with Crippen LogP contribution in [0.3, 0.4) is 0 Å². The van der Waals surface area contributed by atoms with E-state index >= 15 is 0 Å². The summed E-state index contributed by atoms with van der Waals surface area (Å²) in [5.74, 6) is 0. The summed E-state index contributed by atoms with van der Waals surface area (Å²) in [6, 6.07) is 12.2. The van der Waals surface area contributed by atoms with Gasteiger partial charge in [-0.15, -0.1) is 11.3 Å². The lowest BCUT2D eigenvalue weighted by Gasteiger charge is -2.35. The molecule has 2 aromatic rings. The molecule has 1 aromatic heterocycles. The van der Waals surface area contributed by atoms with Crippen LogP contribution in [-0.4, -0.2) is 38.9 Å². The first kappa shape index (κ1) is 18.4. The molecule has 0 radical (unpaired) electrons. The van der Waals surface area contributed by atoms with Crippen molar-refractivity contribution < 1.29 is 8.42 Å². The number of thiophene rings is 1. The molecule has 0 spiro atoms. The van der Waals surface area contributed by atoms with Crippen LogP contribution in [0.1, 0.15) is 31.2 Å². The first-order valence-electron chi connectivity index (χ1n) is 8.60. The fourth-order valence-corrected chi connectivity index (χ4v) is 5.90. The molecule has 25 heavy (non-hydrogen) atoms. The molecule has 6 heteroatoms. The predicted octanol–water partition coefficient (Wildman–Crippen LogP) is 3.86. The molecule has 1 saturated heterocycles. The molecule has 0 N–H and O–H groups in total. The summed E-state index contributed by atoms with van der Waals surface area (Å²) in [6.45, 7) is 11.0. The van der Waals surface area contributed by atoms with Gasteiger partial charge in [0.25, 0.3) is 10.0 Å². The van der Waals surface area contributed by atoms with Gasteiger partial charge in [-0.3, -0.25) is 0 Å². The number of nitrogens with zero attached hydrogens (tertiary/aromatic N) is 2. The van der Waals surface area contributed by atoms with E-state index < -0.39 is 10.0 Å². The number of aryl methyl sites for hydroxylation is 1. The van der Waals surface area contributed by atoms with Crippen molar-refractivity contribution in [2.24, 2.45) is 0 Å². The Morgan fingerprint density at radius 1 is 0.920 bits per heavy atom. The molecule has 3 rings (SSSR count). The van der Waals surface area contributed by atoms with Crippen LogP contribution in [0, 0.1) is 6.92 Å². The largest absolute Gasteiger partial charge is 0.369 e. The van der Waals surface area contributed by atoms with E-state index in [1.54, 1.807) is 10.4 Å². The zero-order valence-corrected chi connectivity index (χ0v) is 17.0. The monoisotopic (exact) mass is 378 g/mol. The summed E-state index contributed by atoms with van der Waals surface area (Å²) >= 11 is 1.35. The van der Waals surface area contributed by atoms with Gasteiger partial charge in [-0.1, -0.05) is 32.9 Å². The molecule has 0 aliphatic carbocycles. The molecule has 0 bridgehead atoms. The van der Waals surface area contributed by atoms with E-state index in [9.17, 15) is 8.42 Å². The average Bonchev–Trinajstić information content (AvgIpc) is 3.02. The second-order valence-corrected chi connectivity index (χ2v) is 11.0. The van der Waals surface area contributed by atoms with E-state index in [-0.39, 0.29) is 5.41 Å². The first-order chi connectivity index (χ1) is 11.7. The summed E-state index contributed by atoms with van der Waals surface area (Å²) < 4.78 is 27.5. The van der Waals surface area contributed by atoms with Gasteiger partial charge in [0.2, 0.25) is 0 Å². The molecule has 0 amide bonds. The normalized spacial score (nSPS) is 17.0. The van der Waals surface area contributed by atoms with Crippen LogP contribution in [0.5, 0.6) is 0 Å². The topological polar surface area (TPSA) is 40.6 Å². The third kappa shape index (κ3) is 3.91. The Morgan fingerprint density at radius 3 is 2.00 bits per heavy atom. The molecule has 4 nitrogen and oxygen atoms in total. The molecule has 136 valence electrons. The van der Waals surface area contributed by atoms with Gasteiger partial charge >= 0.3 is 0 Å². The summed E-state index contributed by atoms with van der Waals surface area (Å²) in [5.41, 5.74) is 2.62. The second kappa shape index (κ2) is 6.74. The Hall–Kier alpha value is -1.37. The highest BCUT2D eigenvalue weighted by molar-refractivity contribution is 7.91. The van der Waals surface area contributed by atoms with Crippen LogP contribution in [0.2, 0.25) is 0 Å². The number of piperazine rings is 1. The third-order valence-electron chi connectivity index (χ3n) is 4.65. The highest BCUT2D eigenvalue weighted by Gasteiger charge is 2.29. The third-order valence-corrected chi connectivity index (χ3v) is 8.01. The van der Waals surface area contributed by atoms with Crippen LogP contribution in [0.25, 0.3) is 0 Å². The van der Waals surface area contributed by atoms with E-state index in [1.807, 2.05) is 13.0 Å². The summed E-state index contributed by atoms with van der Waals surface area (Å²) in [4.78, 5) is 3.29. The van der Waals surface area contributed by atoms with Crippen LogP contribution in [-0.2, 0) is 15.4 Å². The Bertz CT molecular complexity index is 825. The zero-order chi connectivity index (χ0) is 18.2. The Kier molecular flexibility index (Phi) is 4.97. The number of hydrogen-bond acceptors (Lipinski definition) is 4. The molecule has 0 unspecified atom stereocenters. The van der Waals surface area contributed by atoms with E-state index in [1.165, 1.54) is 16.9 Å². The minimum atomic E-state index is -3.35. The molecule has 2 heterocycles. The summed E-state index contributed by atoms with van der Waals surface area (Å²) in [5, 5.41) is 0. The van der Waals surface area contributed by atoms with Gasteiger partial charge in [-0.05, 0) is 42.2 Å². The molecule has 1 aromatic carbocycles. The molecular weight excluding hydrogens is 352 g/mol. The summed E-state index contributed by atoms with van der Waals surface area (Å²) in [6.07, 6.45) is 0. The lowest BCUT2D eigenvalue weighted by Crippen LogP contribution is -2.48. The van der Waals surface area contributed by atoms with Gasteiger partial charge in [0.1, 0.15) is 4.21 Å². The molecule has 0 saturated carbocycles. The lowest BCUT2D eigenvalue weighted by molar-refractivity contribution is 0.386. The number of hydrogen-bond donors (Lipinski definition) is 0. The molecule has 1 fully saturated rings. The highest BCUT2D eigenvalue weighted by atomic mass is 32.2. The summed E-state index contributed by atoms with van der Waals surface area (Å²) in [7, 11) is -3.35. The second-order valence-electron chi connectivity index (χ2n) is 7.55. The molecule has 1 aliphatic heterocycles. The fraction of sp³-hybridized carbons (Fsp3) is 0.474. The Balaban J connectivity index is 1.68. The van der Waals surface area contributed by atoms with Crippen LogP contribution in [0.15, 0.2) is 40.6 Å². The lowest BCUT2D eigenvalue weighted by atomic mass is 9.87. The van der Waals surface area contributed by atoms with Crippen molar-refractivity contribution in [3.8, 4) is 0 Å². The number of sulfonamides is 1. The van der Waals surface area contributed by atoms with Crippen molar-refractivity contribution in [2.45, 2.75) is 37.3 Å². The van der Waals surface area contributed by atoms with Gasteiger partial charge in [0.05, 0.1) is 0 Å². The first-order valence-corrected chi connectivity index (χ1v) is 10.9. The maximum atomic E-state index is 12.7. The SMILES string of the molecule is Cc1ccc(S(=O)(=O)N2CCN(c3ccc(C(C)(C)C)cc3)CC2)s1. The van der Waals surface area contributed by atoms with Crippen LogP contribution in [0.4, 0.5) is 5.69 Å². The molecular formula is C19H26N2O2S2. The highest BCUT2D eigenvalue weighted by Crippen LogP contribution is 2.28. The fourth-order valence-electron chi connectivity index (χ4n) is 3.04. The van der Waals surface area contributed by atoms with E-state index in [2.05, 4.69) is 49.9 Å². The van der Waals surface area contributed by atoms with Crippen molar-refractivity contribution in [2.75, 3.05) is 31.1 Å². The number of rotatable bonds is 3. The van der Waals surface area contributed by atoms with Crippen molar-refractivity contribution in [1.29, 1.82) is 0 Å². The van der Waals surface area contributed by atoms with Gasteiger partial charge in [-0.25, -0.2) is 8.42 Å². The van der Waals surface area contributed by atoms with Crippen LogP contribution >= 0.6 is 11.3 Å². The number of anilines is 1. The van der Waals surface area contributed by atoms with Gasteiger partial charge < -0.3 is 4.90 Å². The predicted molar refractivity (Wildman–Crippen MR) is 105 cm³/mol. The standard InChI is InChI=1S/C19H26N2O2S2/c1-15-5-10-18(24-15)25(22,23)21-13-11-20(12-14-21)17-8-6-16(7-9-17)19(2,3)4/h5-10H,11-14H2,1-4H3. The van der Waals surface area contributed by atoms with Crippen molar-refractivity contribution in [3.63, 3.8) is 0 Å². The number of benzene rings is 1. The van der Waals surface area contributed by atoms with Crippen molar-refractivity contribution in [3.05, 3.63) is 46.8 Å². The van der Waals surface area contributed by atoms with Crippen molar-refractivity contribution >= 4 is 27.0 Å². The maximum absolute atomic E-state index is 12.7. The Labute approximate surface area is 155 Å². The van der Waals surface area contributed by atoms with E-state index in [4.69, 9.17) is 0 Å². The smallest absolute Gasteiger partial charge is 0.252 e. The molecule has 1 aliphatic rings. The van der Waals surface area contributed by atoms with Crippen LogP contribution < -0.4 is 4.90 Å². The average molecular weight is 379 g/mol. The van der Waals surface area contributed by atoms with Gasteiger partial charge in [-0.2, -0.15) is 4.31 Å². The van der Waals surface area contributed by atoms with E-state index in [0.29, 0.717) is 17.3 Å².